The van der Waals surface area contributed by atoms with Gasteiger partial charge >= 0.3 is 5.97 Å². The monoisotopic (exact) mass is 182 g/mol. The van der Waals surface area contributed by atoms with E-state index in [4.69, 9.17) is 4.74 Å². The summed E-state index contributed by atoms with van der Waals surface area (Å²) in [6.45, 7) is 4.22. The van der Waals surface area contributed by atoms with Gasteiger partial charge in [-0.1, -0.05) is 20.3 Å². The molecule has 0 aromatic rings. The molecule has 0 bridgehead atoms. The van der Waals surface area contributed by atoms with Crippen molar-refractivity contribution >= 4 is 5.97 Å². The molecule has 3 unspecified atom stereocenters. The van der Waals surface area contributed by atoms with Crippen molar-refractivity contribution in [2.75, 3.05) is 0 Å². The third-order valence-corrected chi connectivity index (χ3v) is 3.32. The molecule has 2 rings (SSSR count). The highest BCUT2D eigenvalue weighted by Crippen LogP contribution is 2.47. The van der Waals surface area contributed by atoms with Crippen molar-refractivity contribution in [2.45, 2.75) is 45.6 Å². The van der Waals surface area contributed by atoms with Crippen LogP contribution in [-0.4, -0.2) is 12.1 Å². The van der Waals surface area contributed by atoms with Crippen molar-refractivity contribution in [2.24, 2.45) is 17.8 Å². The summed E-state index contributed by atoms with van der Waals surface area (Å²) in [7, 11) is 0. The van der Waals surface area contributed by atoms with Gasteiger partial charge in [-0.2, -0.15) is 0 Å². The van der Waals surface area contributed by atoms with Gasteiger partial charge in [-0.3, -0.25) is 4.79 Å². The van der Waals surface area contributed by atoms with Crippen molar-refractivity contribution in [1.82, 2.24) is 0 Å². The Kier molecular flexibility index (Phi) is 2.31. The van der Waals surface area contributed by atoms with Crippen LogP contribution in [0.5, 0.6) is 0 Å². The van der Waals surface area contributed by atoms with Gasteiger partial charge in [0, 0.05) is 0 Å². The zero-order valence-electron chi connectivity index (χ0n) is 8.45. The molecule has 0 amide bonds. The van der Waals surface area contributed by atoms with E-state index in [1.807, 2.05) is 6.92 Å². The number of carbonyl (C=O) groups excluding carboxylic acids is 1. The predicted octanol–water partition coefficient (Wildman–Crippen LogP) is 2.37. The first kappa shape index (κ1) is 9.04. The molecule has 0 aromatic heterocycles. The van der Waals surface area contributed by atoms with E-state index >= 15 is 0 Å². The zero-order valence-corrected chi connectivity index (χ0v) is 8.45. The highest BCUT2D eigenvalue weighted by molar-refractivity contribution is 5.73. The normalized spacial score (nSPS) is 34.0. The van der Waals surface area contributed by atoms with Crippen LogP contribution in [0.25, 0.3) is 0 Å². The fourth-order valence-corrected chi connectivity index (χ4v) is 1.99. The molecule has 0 aliphatic heterocycles. The quantitative estimate of drug-likeness (QED) is 0.624. The number of hydrogen-bond acceptors (Lipinski definition) is 2. The summed E-state index contributed by atoms with van der Waals surface area (Å²) in [5.41, 5.74) is 0. The van der Waals surface area contributed by atoms with E-state index in [1.54, 1.807) is 0 Å². The van der Waals surface area contributed by atoms with Crippen LogP contribution in [0.15, 0.2) is 0 Å². The fraction of sp³-hybridized carbons (Fsp3) is 0.909. The third-order valence-electron chi connectivity index (χ3n) is 3.32. The van der Waals surface area contributed by atoms with Crippen LogP contribution in [0, 0.1) is 17.8 Å². The highest BCUT2D eigenvalue weighted by atomic mass is 16.5. The maximum atomic E-state index is 11.5. The summed E-state index contributed by atoms with van der Waals surface area (Å²) in [6, 6.07) is 0. The minimum atomic E-state index is 0.0449. The Labute approximate surface area is 79.7 Å². The molecule has 13 heavy (non-hydrogen) atoms. The second-order valence-electron chi connectivity index (χ2n) is 4.49. The number of ether oxygens (including phenoxy) is 1. The Morgan fingerprint density at radius 2 is 2.23 bits per heavy atom. The molecule has 0 N–H and O–H groups in total. The molecule has 74 valence electrons. The lowest BCUT2D eigenvalue weighted by molar-refractivity contribution is -0.150. The number of hydrogen-bond donors (Lipinski definition) is 0. The first-order valence-electron chi connectivity index (χ1n) is 5.42. The second-order valence-corrected chi connectivity index (χ2v) is 4.49. The van der Waals surface area contributed by atoms with Crippen LogP contribution in [0.4, 0.5) is 0 Å². The van der Waals surface area contributed by atoms with Gasteiger partial charge in [-0.15, -0.1) is 0 Å². The Morgan fingerprint density at radius 3 is 2.69 bits per heavy atom. The van der Waals surface area contributed by atoms with Crippen molar-refractivity contribution < 1.29 is 9.53 Å². The molecule has 2 aliphatic rings. The van der Waals surface area contributed by atoms with E-state index in [-0.39, 0.29) is 18.0 Å². The Hall–Kier alpha value is -0.530. The van der Waals surface area contributed by atoms with Crippen LogP contribution in [0.3, 0.4) is 0 Å². The summed E-state index contributed by atoms with van der Waals surface area (Å²) in [5, 5.41) is 0. The van der Waals surface area contributed by atoms with Gasteiger partial charge in [0.2, 0.25) is 0 Å². The molecule has 2 nitrogen and oxygen atoms in total. The van der Waals surface area contributed by atoms with Gasteiger partial charge < -0.3 is 4.74 Å². The van der Waals surface area contributed by atoms with Crippen molar-refractivity contribution in [3.8, 4) is 0 Å². The zero-order chi connectivity index (χ0) is 9.42. The number of rotatable bonds is 4. The van der Waals surface area contributed by atoms with Gasteiger partial charge in [0.05, 0.1) is 5.92 Å². The van der Waals surface area contributed by atoms with Crippen LogP contribution in [-0.2, 0) is 9.53 Å². The maximum absolute atomic E-state index is 11.5. The van der Waals surface area contributed by atoms with Crippen molar-refractivity contribution in [3.63, 3.8) is 0 Å². The minimum Gasteiger partial charge on any atom is -0.462 e. The van der Waals surface area contributed by atoms with Gasteiger partial charge in [0.15, 0.2) is 0 Å². The molecule has 0 heterocycles. The van der Waals surface area contributed by atoms with Crippen molar-refractivity contribution in [1.29, 1.82) is 0 Å². The molecule has 0 radical (unpaired) electrons. The lowest BCUT2D eigenvalue weighted by atomic mass is 10.0. The molecule has 3 atom stereocenters. The third kappa shape index (κ3) is 2.04. The Morgan fingerprint density at radius 1 is 1.54 bits per heavy atom. The molecule has 2 saturated carbocycles. The van der Waals surface area contributed by atoms with Crippen LogP contribution in [0.1, 0.15) is 39.5 Å². The minimum absolute atomic E-state index is 0.0449. The van der Waals surface area contributed by atoms with Crippen LogP contribution in [0.2, 0.25) is 0 Å². The lowest BCUT2D eigenvalue weighted by Crippen LogP contribution is -2.18. The number of carbonyl (C=O) groups is 1. The van der Waals surface area contributed by atoms with E-state index in [0.717, 1.165) is 18.8 Å². The standard InChI is InChI=1S/C11H18O2/c1-3-8-6-10(8)7(2)11(12)13-9-4-5-9/h7-10H,3-6H2,1-2H3. The summed E-state index contributed by atoms with van der Waals surface area (Å²) < 4.78 is 5.28. The second kappa shape index (κ2) is 3.32. The molecule has 2 fully saturated rings. The highest BCUT2D eigenvalue weighted by Gasteiger charge is 2.43. The molecule has 0 spiro atoms. The van der Waals surface area contributed by atoms with Gasteiger partial charge in [-0.05, 0) is 31.1 Å². The Bertz CT molecular complexity index is 208. The van der Waals surface area contributed by atoms with E-state index in [1.165, 1.54) is 12.8 Å². The lowest BCUT2D eigenvalue weighted by Gasteiger charge is -2.09. The number of esters is 1. The predicted molar refractivity (Wildman–Crippen MR) is 50.2 cm³/mol. The molecule has 0 aromatic carbocycles. The fourth-order valence-electron chi connectivity index (χ4n) is 1.99. The van der Waals surface area contributed by atoms with Crippen molar-refractivity contribution in [3.05, 3.63) is 0 Å². The summed E-state index contributed by atoms with van der Waals surface area (Å²) in [5.74, 6) is 1.60. The van der Waals surface area contributed by atoms with Gasteiger partial charge in [0.25, 0.3) is 0 Å². The molecular weight excluding hydrogens is 164 g/mol. The smallest absolute Gasteiger partial charge is 0.309 e. The van der Waals surface area contributed by atoms with E-state index in [2.05, 4.69) is 6.92 Å². The summed E-state index contributed by atoms with van der Waals surface area (Å²) in [4.78, 5) is 11.5. The largest absolute Gasteiger partial charge is 0.462 e. The van der Waals surface area contributed by atoms with Crippen LogP contribution < -0.4 is 0 Å². The average molecular weight is 182 g/mol. The first-order valence-corrected chi connectivity index (χ1v) is 5.42. The summed E-state index contributed by atoms with van der Waals surface area (Å²) >= 11 is 0. The SMILES string of the molecule is CCC1CC1C(C)C(=O)OC1CC1. The van der Waals surface area contributed by atoms with E-state index in [9.17, 15) is 4.79 Å². The first-order chi connectivity index (χ1) is 6.22. The van der Waals surface area contributed by atoms with E-state index < -0.39 is 0 Å². The molecular formula is C11H18O2. The molecule has 2 aliphatic carbocycles. The van der Waals surface area contributed by atoms with Gasteiger partial charge in [0.1, 0.15) is 6.10 Å². The molecule has 2 heteroatoms. The maximum Gasteiger partial charge on any atom is 0.309 e. The Balaban J connectivity index is 1.75. The van der Waals surface area contributed by atoms with E-state index in [0.29, 0.717) is 5.92 Å². The summed E-state index contributed by atoms with van der Waals surface area (Å²) in [6.07, 6.45) is 4.89. The van der Waals surface area contributed by atoms with Crippen LogP contribution >= 0.6 is 0 Å². The average Bonchev–Trinajstić information content (AvgIpc) is 2.97. The molecule has 0 saturated heterocycles. The topological polar surface area (TPSA) is 26.3 Å². The van der Waals surface area contributed by atoms with Gasteiger partial charge in [-0.25, -0.2) is 0 Å².